The highest BCUT2D eigenvalue weighted by molar-refractivity contribution is 5.65. The van der Waals surface area contributed by atoms with Crippen molar-refractivity contribution >= 4 is 5.76 Å². The molecule has 1 heteroatoms. The molecule has 16 heavy (non-hydrogen) atoms. The van der Waals surface area contributed by atoms with E-state index in [1.54, 1.807) is 0 Å². The molecule has 3 rings (SSSR count). The van der Waals surface area contributed by atoms with E-state index in [-0.39, 0.29) is 6.40 Å². The van der Waals surface area contributed by atoms with E-state index in [9.17, 15) is 0 Å². The third kappa shape index (κ3) is 1.61. The first kappa shape index (κ1) is 8.17. The van der Waals surface area contributed by atoms with E-state index in [0.29, 0.717) is 0 Å². The molecule has 0 N–H and O–H groups in total. The number of allylic oxidation sites excluding steroid dienone is 1. The highest BCUT2D eigenvalue weighted by atomic mass is 16.5. The van der Waals surface area contributed by atoms with Crippen LogP contribution in [0.15, 0.2) is 60.7 Å². The maximum atomic E-state index is 8.08. The van der Waals surface area contributed by atoms with Gasteiger partial charge in [0.05, 0.1) is 0 Å². The highest BCUT2D eigenvalue weighted by Gasteiger charge is 2.12. The van der Waals surface area contributed by atoms with Crippen LogP contribution in [0.3, 0.4) is 0 Å². The molecule has 2 aromatic carbocycles. The van der Waals surface area contributed by atoms with Crippen LogP contribution in [0, 0.1) is 0 Å². The molecule has 0 aliphatic carbocycles. The largest absolute Gasteiger partial charge is 0.457 e. The van der Waals surface area contributed by atoms with Crippen molar-refractivity contribution in [1.82, 2.24) is 0 Å². The summed E-state index contributed by atoms with van der Waals surface area (Å²) in [5, 5.41) is 0. The first-order chi connectivity index (χ1) is 8.34. The molecule has 1 atom stereocenters. The lowest BCUT2D eigenvalue weighted by Crippen LogP contribution is -2.03. The molecule has 0 bridgehead atoms. The van der Waals surface area contributed by atoms with Gasteiger partial charge >= 0.3 is 0 Å². The van der Waals surface area contributed by atoms with Crippen molar-refractivity contribution < 1.29 is 6.11 Å². The number of rotatable bonds is 1. The van der Waals surface area contributed by atoms with Crippen LogP contribution in [0.4, 0.5) is 0 Å². The smallest absolute Gasteiger partial charge is 0.131 e. The van der Waals surface area contributed by atoms with E-state index in [2.05, 4.69) is 0 Å². The molecular weight excluding hydrogens is 196 g/mol. The van der Waals surface area contributed by atoms with E-state index >= 15 is 0 Å². The molecule has 0 spiro atoms. The average Bonchev–Trinajstić information content (AvgIpc) is 2.40. The van der Waals surface area contributed by atoms with Crippen molar-refractivity contribution in [2.45, 2.75) is 6.40 Å². The van der Waals surface area contributed by atoms with Gasteiger partial charge in [-0.05, 0) is 24.1 Å². The van der Waals surface area contributed by atoms with E-state index < -0.39 is 0 Å². The minimum atomic E-state index is -0.352. The third-order valence-electron chi connectivity index (χ3n) is 2.61. The van der Waals surface area contributed by atoms with E-state index in [0.717, 1.165) is 22.6 Å². The summed E-state index contributed by atoms with van der Waals surface area (Å²) in [5.74, 6) is 1.55. The van der Waals surface area contributed by atoms with Gasteiger partial charge in [0.15, 0.2) is 0 Å². The van der Waals surface area contributed by atoms with Crippen LogP contribution in [0.5, 0.6) is 5.75 Å². The van der Waals surface area contributed by atoms with Crippen molar-refractivity contribution in [2.24, 2.45) is 0 Å². The molecule has 0 amide bonds. The van der Waals surface area contributed by atoms with Gasteiger partial charge < -0.3 is 4.74 Å². The average molecular weight is 209 g/mol. The van der Waals surface area contributed by atoms with Gasteiger partial charge in [-0.25, -0.2) is 0 Å². The summed E-state index contributed by atoms with van der Waals surface area (Å²) >= 11 is 0. The summed E-state index contributed by atoms with van der Waals surface area (Å²) < 4.78 is 13.9. The Morgan fingerprint density at radius 1 is 0.938 bits per heavy atom. The second kappa shape index (κ2) is 3.86. The molecule has 1 aliphatic heterocycles. The van der Waals surface area contributed by atoms with Gasteiger partial charge in [0.2, 0.25) is 0 Å². The molecular formula is C15H12O. The lowest BCUT2D eigenvalue weighted by Gasteiger charge is -2.18. The summed E-state index contributed by atoms with van der Waals surface area (Å²) in [6, 6.07) is 17.6. The normalized spacial score (nSPS) is 19.1. The van der Waals surface area contributed by atoms with Crippen LogP contribution in [-0.4, -0.2) is 0 Å². The topological polar surface area (TPSA) is 9.23 Å². The summed E-state index contributed by atoms with van der Waals surface area (Å²) in [5.41, 5.74) is 1.94. The Morgan fingerprint density at radius 3 is 2.56 bits per heavy atom. The van der Waals surface area contributed by atoms with Crippen molar-refractivity contribution in [3.05, 3.63) is 71.8 Å². The predicted octanol–water partition coefficient (Wildman–Crippen LogP) is 3.66. The third-order valence-corrected chi connectivity index (χ3v) is 2.61. The summed E-state index contributed by atoms with van der Waals surface area (Å²) in [6.45, 7) is 0. The Hall–Kier alpha value is -2.02. The molecule has 1 aliphatic rings. The van der Waals surface area contributed by atoms with Crippen molar-refractivity contribution in [3.8, 4) is 5.75 Å². The molecule has 1 unspecified atom stereocenters. The Kier molecular flexibility index (Phi) is 1.97. The lowest BCUT2D eigenvalue weighted by molar-refractivity contribution is 0.498. The molecule has 1 nitrogen and oxygen atoms in total. The first-order valence-electron chi connectivity index (χ1n) is 5.88. The second-order valence-electron chi connectivity index (χ2n) is 3.70. The fraction of sp³-hybridized carbons (Fsp3) is 0.0667. The standard InChI is InChI=1S/C15H12O/c1-2-6-12(7-3-1)15-11-10-13-8-4-5-9-14(13)16-15/h1-9,11H,10H2/i10D. The van der Waals surface area contributed by atoms with Crippen LogP contribution < -0.4 is 4.74 Å². The quantitative estimate of drug-likeness (QED) is 0.696. The minimum Gasteiger partial charge on any atom is -0.457 e. The van der Waals surface area contributed by atoms with Crippen LogP contribution >= 0.6 is 0 Å². The Labute approximate surface area is 96.4 Å². The maximum Gasteiger partial charge on any atom is 0.131 e. The highest BCUT2D eigenvalue weighted by Crippen LogP contribution is 2.29. The second-order valence-corrected chi connectivity index (χ2v) is 3.70. The molecule has 0 aromatic heterocycles. The molecule has 0 saturated heterocycles. The molecule has 2 aromatic rings. The van der Waals surface area contributed by atoms with Gasteiger partial charge in [0, 0.05) is 6.93 Å². The van der Waals surface area contributed by atoms with Crippen LogP contribution in [0.2, 0.25) is 0 Å². The zero-order valence-electron chi connectivity index (χ0n) is 9.76. The number of hydrogen-bond donors (Lipinski definition) is 0. The monoisotopic (exact) mass is 209 g/mol. The van der Waals surface area contributed by atoms with E-state index in [1.807, 2.05) is 60.7 Å². The zero-order chi connectivity index (χ0) is 11.7. The van der Waals surface area contributed by atoms with Gasteiger partial charge in [-0.15, -0.1) is 0 Å². The number of benzene rings is 2. The fourth-order valence-corrected chi connectivity index (χ4v) is 1.79. The van der Waals surface area contributed by atoms with Crippen molar-refractivity contribution in [1.29, 1.82) is 0 Å². The number of hydrogen-bond acceptors (Lipinski definition) is 1. The molecule has 1 heterocycles. The number of fused-ring (bicyclic) bond motifs is 1. The van der Waals surface area contributed by atoms with E-state index in [4.69, 9.17) is 6.11 Å². The maximum absolute atomic E-state index is 8.08. The van der Waals surface area contributed by atoms with Crippen LogP contribution in [0.25, 0.3) is 5.76 Å². The van der Waals surface area contributed by atoms with Gasteiger partial charge in [0.25, 0.3) is 0 Å². The summed E-state index contributed by atoms with van der Waals surface area (Å²) in [7, 11) is 0. The summed E-state index contributed by atoms with van der Waals surface area (Å²) in [4.78, 5) is 0. The minimum absolute atomic E-state index is 0.352. The van der Waals surface area contributed by atoms with Gasteiger partial charge in [0.1, 0.15) is 11.5 Å². The number of para-hydroxylation sites is 1. The molecule has 78 valence electrons. The Bertz CT molecular complexity index is 560. The van der Waals surface area contributed by atoms with Gasteiger partial charge in [-0.2, -0.15) is 0 Å². The molecule has 0 saturated carbocycles. The molecule has 0 radical (unpaired) electrons. The summed E-state index contributed by atoms with van der Waals surface area (Å²) in [6.07, 6.45) is 1.49. The van der Waals surface area contributed by atoms with Crippen molar-refractivity contribution in [2.75, 3.05) is 0 Å². The lowest BCUT2D eigenvalue weighted by atomic mass is 10.1. The Morgan fingerprint density at radius 2 is 1.69 bits per heavy atom. The fourth-order valence-electron chi connectivity index (χ4n) is 1.79. The first-order valence-corrected chi connectivity index (χ1v) is 5.31. The van der Waals surface area contributed by atoms with E-state index in [1.165, 1.54) is 0 Å². The van der Waals surface area contributed by atoms with Crippen molar-refractivity contribution in [3.63, 3.8) is 0 Å². The SMILES string of the molecule is [2H]C1C=C(c2ccccc2)Oc2ccccc21. The zero-order valence-corrected chi connectivity index (χ0v) is 8.76. The Balaban J connectivity index is 2.02. The van der Waals surface area contributed by atoms with Gasteiger partial charge in [-0.3, -0.25) is 0 Å². The molecule has 0 fully saturated rings. The number of ether oxygens (including phenoxy) is 1. The predicted molar refractivity (Wildman–Crippen MR) is 65.2 cm³/mol. The van der Waals surface area contributed by atoms with Crippen LogP contribution in [0.1, 0.15) is 12.5 Å². The van der Waals surface area contributed by atoms with Gasteiger partial charge in [-0.1, -0.05) is 48.5 Å². The van der Waals surface area contributed by atoms with Crippen LogP contribution in [-0.2, 0) is 6.40 Å².